The van der Waals surface area contributed by atoms with Gasteiger partial charge in [-0.05, 0) is 25.2 Å². The highest BCUT2D eigenvalue weighted by molar-refractivity contribution is 5.85. The van der Waals surface area contributed by atoms with Crippen LogP contribution in [0.5, 0.6) is 0 Å². The van der Waals surface area contributed by atoms with E-state index in [1.165, 1.54) is 12.8 Å². The van der Waals surface area contributed by atoms with E-state index in [1.807, 2.05) is 0 Å². The third kappa shape index (κ3) is 5.07. The average molecular weight is 255 g/mol. The van der Waals surface area contributed by atoms with Crippen molar-refractivity contribution in [2.45, 2.75) is 64.8 Å². The zero-order valence-corrected chi connectivity index (χ0v) is 11.5. The van der Waals surface area contributed by atoms with E-state index in [9.17, 15) is 9.59 Å². The summed E-state index contributed by atoms with van der Waals surface area (Å²) in [6.07, 6.45) is 6.49. The number of hydrogen-bond acceptors (Lipinski definition) is 3. The van der Waals surface area contributed by atoms with Crippen LogP contribution in [0.25, 0.3) is 0 Å². The number of piperidine rings is 1. The summed E-state index contributed by atoms with van der Waals surface area (Å²) in [6, 6.07) is -0.421. The first kappa shape index (κ1) is 15.0. The Hall–Kier alpha value is -1.06. The van der Waals surface area contributed by atoms with Crippen molar-refractivity contribution in [3.63, 3.8) is 0 Å². The smallest absolute Gasteiger partial charge is 0.328 e. The summed E-state index contributed by atoms with van der Waals surface area (Å²) < 4.78 is 5.33. The fourth-order valence-electron chi connectivity index (χ4n) is 2.18. The standard InChI is InChI=1S/C14H25NO3/c1-3-5-7-11(4-2)10-18-14(17)12-8-6-9-13(16)15-12/h11-12H,3-10H2,1-2H3,(H,15,16). The Morgan fingerprint density at radius 2 is 2.28 bits per heavy atom. The number of amides is 1. The van der Waals surface area contributed by atoms with Crippen LogP contribution in [-0.2, 0) is 14.3 Å². The van der Waals surface area contributed by atoms with Gasteiger partial charge in [0.05, 0.1) is 6.61 Å². The van der Waals surface area contributed by atoms with Crippen molar-refractivity contribution in [1.29, 1.82) is 0 Å². The molecule has 1 rings (SSSR count). The molecule has 0 aromatic rings. The SMILES string of the molecule is CCCCC(CC)COC(=O)C1CCCC(=O)N1. The molecule has 18 heavy (non-hydrogen) atoms. The molecule has 1 aliphatic rings. The van der Waals surface area contributed by atoms with Gasteiger partial charge in [0.2, 0.25) is 5.91 Å². The van der Waals surface area contributed by atoms with Crippen molar-refractivity contribution in [2.75, 3.05) is 6.61 Å². The topological polar surface area (TPSA) is 55.4 Å². The molecule has 0 aromatic heterocycles. The van der Waals surface area contributed by atoms with Gasteiger partial charge in [-0.25, -0.2) is 4.79 Å². The van der Waals surface area contributed by atoms with Crippen molar-refractivity contribution in [1.82, 2.24) is 5.32 Å². The first-order valence-electron chi connectivity index (χ1n) is 7.13. The van der Waals surface area contributed by atoms with E-state index in [0.29, 0.717) is 25.4 Å². The molecule has 104 valence electrons. The summed E-state index contributed by atoms with van der Waals surface area (Å²) in [7, 11) is 0. The monoisotopic (exact) mass is 255 g/mol. The van der Waals surface area contributed by atoms with Crippen LogP contribution in [0.1, 0.15) is 58.8 Å². The van der Waals surface area contributed by atoms with Crippen molar-refractivity contribution in [3.05, 3.63) is 0 Å². The fourth-order valence-corrected chi connectivity index (χ4v) is 2.18. The maximum Gasteiger partial charge on any atom is 0.328 e. The fraction of sp³-hybridized carbons (Fsp3) is 0.857. The molecule has 1 aliphatic heterocycles. The first-order valence-corrected chi connectivity index (χ1v) is 7.13. The Morgan fingerprint density at radius 1 is 1.50 bits per heavy atom. The van der Waals surface area contributed by atoms with E-state index < -0.39 is 6.04 Å². The Balaban J connectivity index is 2.28. The van der Waals surface area contributed by atoms with Gasteiger partial charge in [0.25, 0.3) is 0 Å². The van der Waals surface area contributed by atoms with Crippen molar-refractivity contribution >= 4 is 11.9 Å². The third-order valence-corrected chi connectivity index (χ3v) is 3.52. The Morgan fingerprint density at radius 3 is 2.89 bits per heavy atom. The van der Waals surface area contributed by atoms with Crippen LogP contribution in [-0.4, -0.2) is 24.5 Å². The predicted molar refractivity (Wildman–Crippen MR) is 70.0 cm³/mol. The number of nitrogens with one attached hydrogen (secondary N) is 1. The Bertz CT molecular complexity index is 278. The second-order valence-electron chi connectivity index (χ2n) is 5.06. The minimum atomic E-state index is -0.421. The maximum absolute atomic E-state index is 11.8. The van der Waals surface area contributed by atoms with Gasteiger partial charge in [-0.3, -0.25) is 4.79 Å². The second-order valence-corrected chi connectivity index (χ2v) is 5.06. The van der Waals surface area contributed by atoms with Gasteiger partial charge in [0.15, 0.2) is 0 Å². The third-order valence-electron chi connectivity index (χ3n) is 3.52. The molecular formula is C14H25NO3. The number of esters is 1. The second kappa shape index (κ2) is 8.11. The Labute approximate surface area is 109 Å². The zero-order valence-electron chi connectivity index (χ0n) is 11.5. The van der Waals surface area contributed by atoms with Gasteiger partial charge in [-0.2, -0.15) is 0 Å². The molecule has 4 nitrogen and oxygen atoms in total. The summed E-state index contributed by atoms with van der Waals surface area (Å²) in [4.78, 5) is 23.0. The van der Waals surface area contributed by atoms with Gasteiger partial charge in [-0.1, -0.05) is 33.1 Å². The van der Waals surface area contributed by atoms with Gasteiger partial charge in [-0.15, -0.1) is 0 Å². The van der Waals surface area contributed by atoms with Crippen molar-refractivity contribution < 1.29 is 14.3 Å². The molecule has 1 amide bonds. The van der Waals surface area contributed by atoms with E-state index in [4.69, 9.17) is 4.74 Å². The number of hydrogen-bond donors (Lipinski definition) is 1. The van der Waals surface area contributed by atoms with Gasteiger partial charge < -0.3 is 10.1 Å². The molecule has 2 atom stereocenters. The molecule has 0 bridgehead atoms. The highest BCUT2D eigenvalue weighted by atomic mass is 16.5. The largest absolute Gasteiger partial charge is 0.464 e. The van der Waals surface area contributed by atoms with Crippen LogP contribution in [0, 0.1) is 5.92 Å². The number of carbonyl (C=O) groups is 2. The van der Waals surface area contributed by atoms with E-state index in [-0.39, 0.29) is 11.9 Å². The minimum Gasteiger partial charge on any atom is -0.464 e. The summed E-state index contributed by atoms with van der Waals surface area (Å²) in [5, 5.41) is 2.69. The molecule has 0 aromatic carbocycles. The van der Waals surface area contributed by atoms with Crippen molar-refractivity contribution in [3.8, 4) is 0 Å². The Kier molecular flexibility index (Phi) is 6.76. The summed E-state index contributed by atoms with van der Waals surface area (Å²) in [5.41, 5.74) is 0. The molecule has 1 fully saturated rings. The van der Waals surface area contributed by atoms with Gasteiger partial charge in [0.1, 0.15) is 6.04 Å². The quantitative estimate of drug-likeness (QED) is 0.711. The van der Waals surface area contributed by atoms with Gasteiger partial charge >= 0.3 is 5.97 Å². The first-order chi connectivity index (χ1) is 8.67. The van der Waals surface area contributed by atoms with Crippen LogP contribution in [0.2, 0.25) is 0 Å². The van der Waals surface area contributed by atoms with Gasteiger partial charge in [0, 0.05) is 6.42 Å². The number of unbranched alkanes of at least 4 members (excludes halogenated alkanes) is 1. The highest BCUT2D eigenvalue weighted by Crippen LogP contribution is 2.15. The number of rotatable bonds is 7. The van der Waals surface area contributed by atoms with E-state index >= 15 is 0 Å². The lowest BCUT2D eigenvalue weighted by molar-refractivity contribution is -0.150. The summed E-state index contributed by atoms with van der Waals surface area (Å²) in [5.74, 6) is 0.146. The molecular weight excluding hydrogens is 230 g/mol. The molecule has 2 unspecified atom stereocenters. The normalized spacial score (nSPS) is 21.2. The maximum atomic E-state index is 11.8. The molecule has 0 spiro atoms. The summed E-state index contributed by atoms with van der Waals surface area (Å²) in [6.45, 7) is 4.77. The van der Waals surface area contributed by atoms with Crippen molar-refractivity contribution in [2.24, 2.45) is 5.92 Å². The van der Waals surface area contributed by atoms with E-state index in [1.54, 1.807) is 0 Å². The lowest BCUT2D eigenvalue weighted by Crippen LogP contribution is -2.45. The number of ether oxygens (including phenoxy) is 1. The summed E-state index contributed by atoms with van der Waals surface area (Å²) >= 11 is 0. The van der Waals surface area contributed by atoms with Crippen LogP contribution >= 0.6 is 0 Å². The van der Waals surface area contributed by atoms with E-state index in [2.05, 4.69) is 19.2 Å². The van der Waals surface area contributed by atoms with Crippen LogP contribution < -0.4 is 5.32 Å². The van der Waals surface area contributed by atoms with Crippen LogP contribution in [0.15, 0.2) is 0 Å². The molecule has 0 radical (unpaired) electrons. The molecule has 1 saturated heterocycles. The molecule has 1 N–H and O–H groups in total. The van der Waals surface area contributed by atoms with Crippen LogP contribution in [0.4, 0.5) is 0 Å². The number of carbonyl (C=O) groups excluding carboxylic acids is 2. The van der Waals surface area contributed by atoms with Crippen LogP contribution in [0.3, 0.4) is 0 Å². The van der Waals surface area contributed by atoms with E-state index in [0.717, 1.165) is 19.3 Å². The predicted octanol–water partition coefficient (Wildman–Crippen LogP) is 2.41. The molecule has 0 aliphatic carbocycles. The highest BCUT2D eigenvalue weighted by Gasteiger charge is 2.26. The minimum absolute atomic E-state index is 0.0405. The molecule has 0 saturated carbocycles. The zero-order chi connectivity index (χ0) is 13.4. The molecule has 4 heteroatoms. The molecule has 1 heterocycles. The lowest BCUT2D eigenvalue weighted by atomic mass is 10.0. The lowest BCUT2D eigenvalue weighted by Gasteiger charge is -2.23. The average Bonchev–Trinajstić information content (AvgIpc) is 2.38.